The van der Waals surface area contributed by atoms with Crippen LogP contribution in [-0.2, 0) is 16.1 Å². The largest absolute Gasteiger partial charge is 0.385 e. The SMILES string of the molecule is CCNc1cc(=O)n(CCN2C(=O)CCC2=O)c2ccc(Nc3ccnc(Cl)c3C#N)cc12. The number of rotatable bonds is 7. The van der Waals surface area contributed by atoms with E-state index in [0.717, 1.165) is 5.39 Å². The van der Waals surface area contributed by atoms with Crippen molar-refractivity contribution in [1.29, 1.82) is 5.26 Å². The molecule has 0 spiro atoms. The number of imide groups is 1. The Kier molecular flexibility index (Phi) is 6.29. The molecule has 10 heteroatoms. The van der Waals surface area contributed by atoms with Gasteiger partial charge in [-0.05, 0) is 31.2 Å². The van der Waals surface area contributed by atoms with Crippen molar-refractivity contribution in [3.63, 3.8) is 0 Å². The van der Waals surface area contributed by atoms with Gasteiger partial charge < -0.3 is 15.2 Å². The highest BCUT2D eigenvalue weighted by Crippen LogP contribution is 2.29. The number of benzene rings is 1. The molecule has 2 N–H and O–H groups in total. The van der Waals surface area contributed by atoms with Gasteiger partial charge in [-0.3, -0.25) is 19.3 Å². The van der Waals surface area contributed by atoms with Crippen LogP contribution in [0.3, 0.4) is 0 Å². The first kappa shape index (κ1) is 22.3. The van der Waals surface area contributed by atoms with Crippen LogP contribution in [0.25, 0.3) is 10.9 Å². The van der Waals surface area contributed by atoms with E-state index < -0.39 is 0 Å². The van der Waals surface area contributed by atoms with Gasteiger partial charge >= 0.3 is 0 Å². The molecule has 2 aromatic heterocycles. The van der Waals surface area contributed by atoms with Gasteiger partial charge in [0, 0.05) is 61.5 Å². The zero-order valence-corrected chi connectivity index (χ0v) is 18.6. The first-order chi connectivity index (χ1) is 15.9. The van der Waals surface area contributed by atoms with Gasteiger partial charge in [-0.1, -0.05) is 11.6 Å². The standard InChI is InChI=1S/C23H21ClN6O3/c1-2-26-18-12-22(33)29(9-10-30-20(31)5-6-21(30)32)19-4-3-14(11-15(18)19)28-17-7-8-27-23(24)16(17)13-25/h3-4,7-8,11-12,26H,2,5-6,9-10H2,1H3,(H,27,28). The van der Waals surface area contributed by atoms with Crippen molar-refractivity contribution in [2.24, 2.45) is 0 Å². The predicted octanol–water partition coefficient (Wildman–Crippen LogP) is 3.25. The highest BCUT2D eigenvalue weighted by molar-refractivity contribution is 6.31. The predicted molar refractivity (Wildman–Crippen MR) is 126 cm³/mol. The lowest BCUT2D eigenvalue weighted by atomic mass is 10.1. The first-order valence-electron chi connectivity index (χ1n) is 10.5. The summed E-state index contributed by atoms with van der Waals surface area (Å²) < 4.78 is 1.56. The van der Waals surface area contributed by atoms with E-state index in [9.17, 15) is 19.6 Å². The highest BCUT2D eigenvalue weighted by atomic mass is 35.5. The summed E-state index contributed by atoms with van der Waals surface area (Å²) in [6.07, 6.45) is 1.94. The summed E-state index contributed by atoms with van der Waals surface area (Å²) in [7, 11) is 0. The molecule has 2 amide bonds. The number of aromatic nitrogens is 2. The molecule has 0 saturated carbocycles. The summed E-state index contributed by atoms with van der Waals surface area (Å²) >= 11 is 6.03. The van der Waals surface area contributed by atoms with Gasteiger partial charge in [-0.25, -0.2) is 4.98 Å². The number of hydrogen-bond acceptors (Lipinski definition) is 7. The summed E-state index contributed by atoms with van der Waals surface area (Å²) in [4.78, 5) is 41.9. The molecule has 3 heterocycles. The average molecular weight is 465 g/mol. The average Bonchev–Trinajstić information content (AvgIpc) is 3.11. The Labute approximate surface area is 194 Å². The summed E-state index contributed by atoms with van der Waals surface area (Å²) in [6.45, 7) is 2.90. The molecular formula is C23H21ClN6O3. The number of nitrogens with one attached hydrogen (secondary N) is 2. The molecule has 1 aliphatic rings. The van der Waals surface area contributed by atoms with E-state index in [4.69, 9.17) is 11.6 Å². The van der Waals surface area contributed by atoms with Crippen LogP contribution < -0.4 is 16.2 Å². The second-order valence-electron chi connectivity index (χ2n) is 7.51. The van der Waals surface area contributed by atoms with Crippen molar-refractivity contribution in [2.75, 3.05) is 23.7 Å². The van der Waals surface area contributed by atoms with E-state index in [1.54, 1.807) is 22.8 Å². The Hall–Kier alpha value is -3.90. The quantitative estimate of drug-likeness (QED) is 0.406. The van der Waals surface area contributed by atoms with E-state index in [2.05, 4.69) is 15.6 Å². The van der Waals surface area contributed by atoms with Crippen LogP contribution >= 0.6 is 11.6 Å². The molecule has 0 unspecified atom stereocenters. The zero-order chi connectivity index (χ0) is 23.5. The van der Waals surface area contributed by atoms with Crippen LogP contribution in [0.15, 0.2) is 41.3 Å². The Morgan fingerprint density at radius 3 is 2.55 bits per heavy atom. The zero-order valence-electron chi connectivity index (χ0n) is 17.9. The third-order valence-corrected chi connectivity index (χ3v) is 5.76. The Balaban J connectivity index is 1.73. The smallest absolute Gasteiger partial charge is 0.253 e. The monoisotopic (exact) mass is 464 g/mol. The maximum atomic E-state index is 12.9. The van der Waals surface area contributed by atoms with E-state index in [1.165, 1.54) is 17.2 Å². The molecule has 9 nitrogen and oxygen atoms in total. The molecule has 1 aliphatic heterocycles. The number of fused-ring (bicyclic) bond motifs is 1. The fourth-order valence-electron chi connectivity index (χ4n) is 3.90. The van der Waals surface area contributed by atoms with E-state index >= 15 is 0 Å². The maximum absolute atomic E-state index is 12.9. The topological polar surface area (TPSA) is 120 Å². The molecule has 3 aromatic rings. The first-order valence-corrected chi connectivity index (χ1v) is 10.9. The number of likely N-dealkylation sites (tertiary alicyclic amines) is 1. The van der Waals surface area contributed by atoms with Gasteiger partial charge in [0.15, 0.2) is 0 Å². The van der Waals surface area contributed by atoms with E-state index in [-0.39, 0.29) is 54.0 Å². The molecule has 0 radical (unpaired) electrons. The molecule has 0 aliphatic carbocycles. The van der Waals surface area contributed by atoms with Crippen molar-refractivity contribution in [3.8, 4) is 6.07 Å². The van der Waals surface area contributed by atoms with Crippen molar-refractivity contribution < 1.29 is 9.59 Å². The van der Waals surface area contributed by atoms with Crippen LogP contribution in [0, 0.1) is 11.3 Å². The number of pyridine rings is 2. The molecule has 0 atom stereocenters. The second-order valence-corrected chi connectivity index (χ2v) is 7.87. The van der Waals surface area contributed by atoms with Crippen LogP contribution in [-0.4, -0.2) is 39.4 Å². The Bertz CT molecular complexity index is 1340. The van der Waals surface area contributed by atoms with E-state index in [1.807, 2.05) is 19.1 Å². The van der Waals surface area contributed by atoms with Crippen molar-refractivity contribution in [2.45, 2.75) is 26.3 Å². The minimum absolute atomic E-state index is 0.108. The molecule has 4 rings (SSSR count). The molecule has 33 heavy (non-hydrogen) atoms. The van der Waals surface area contributed by atoms with Crippen LogP contribution in [0.5, 0.6) is 0 Å². The summed E-state index contributed by atoms with van der Waals surface area (Å²) in [6, 6.07) is 10.7. The molecule has 168 valence electrons. The third kappa shape index (κ3) is 4.38. The summed E-state index contributed by atoms with van der Waals surface area (Å²) in [5.74, 6) is -0.421. The number of carbonyl (C=O) groups is 2. The number of carbonyl (C=O) groups excluding carboxylic acids is 2. The molecule has 1 aromatic carbocycles. The fraction of sp³-hybridized carbons (Fsp3) is 0.261. The maximum Gasteiger partial charge on any atom is 0.253 e. The Morgan fingerprint density at radius 1 is 1.09 bits per heavy atom. The summed E-state index contributed by atoms with van der Waals surface area (Å²) in [5, 5.41) is 16.7. The van der Waals surface area contributed by atoms with Crippen LogP contribution in [0.2, 0.25) is 5.15 Å². The highest BCUT2D eigenvalue weighted by Gasteiger charge is 2.28. The summed E-state index contributed by atoms with van der Waals surface area (Å²) in [5.41, 5.74) is 2.54. The minimum atomic E-state index is -0.231. The van der Waals surface area contributed by atoms with Crippen molar-refractivity contribution >= 4 is 51.4 Å². The number of nitrogens with zero attached hydrogens (tertiary/aromatic N) is 4. The minimum Gasteiger partial charge on any atom is -0.385 e. The van der Waals surface area contributed by atoms with Gasteiger partial charge in [0.2, 0.25) is 11.8 Å². The van der Waals surface area contributed by atoms with Gasteiger partial charge in [-0.15, -0.1) is 0 Å². The van der Waals surface area contributed by atoms with Gasteiger partial charge in [-0.2, -0.15) is 5.26 Å². The van der Waals surface area contributed by atoms with E-state index in [0.29, 0.717) is 29.1 Å². The Morgan fingerprint density at radius 2 is 1.85 bits per heavy atom. The van der Waals surface area contributed by atoms with Gasteiger partial charge in [0.1, 0.15) is 16.8 Å². The van der Waals surface area contributed by atoms with Crippen molar-refractivity contribution in [1.82, 2.24) is 14.5 Å². The van der Waals surface area contributed by atoms with Crippen LogP contribution in [0.1, 0.15) is 25.3 Å². The number of halogens is 1. The second kappa shape index (κ2) is 9.30. The lowest BCUT2D eigenvalue weighted by Gasteiger charge is -2.18. The molecular weight excluding hydrogens is 444 g/mol. The third-order valence-electron chi connectivity index (χ3n) is 5.48. The molecule has 0 bridgehead atoms. The van der Waals surface area contributed by atoms with Crippen molar-refractivity contribution in [3.05, 3.63) is 57.6 Å². The normalized spacial score (nSPS) is 13.4. The number of nitriles is 1. The van der Waals surface area contributed by atoms with Gasteiger partial charge in [0.25, 0.3) is 5.56 Å². The lowest BCUT2D eigenvalue weighted by Crippen LogP contribution is -2.34. The number of anilines is 3. The molecule has 1 fully saturated rings. The van der Waals surface area contributed by atoms with Crippen LogP contribution in [0.4, 0.5) is 17.1 Å². The fourth-order valence-corrected chi connectivity index (χ4v) is 4.11. The molecule has 1 saturated heterocycles. The van der Waals surface area contributed by atoms with Gasteiger partial charge in [0.05, 0.1) is 11.2 Å². The lowest BCUT2D eigenvalue weighted by molar-refractivity contribution is -0.138. The number of amides is 2. The number of hydrogen-bond donors (Lipinski definition) is 2.